The third-order valence-electron chi connectivity index (χ3n) is 7.18. The molecule has 41 heavy (non-hydrogen) atoms. The summed E-state index contributed by atoms with van der Waals surface area (Å²) in [6.45, 7) is 5.16. The van der Waals surface area contributed by atoms with Gasteiger partial charge < -0.3 is 20.3 Å². The topological polar surface area (TPSA) is 91.0 Å². The zero-order chi connectivity index (χ0) is 29.7. The molecule has 1 aliphatic carbocycles. The number of halogens is 4. The molecule has 0 bridgehead atoms. The SMILES string of the molecule is CC(C)CN(CC1CCC1)[C@H](CNC(=O)c1ccc(Cl)s1)C(=O)Nc1ccc(N2CCOCC2=O)cc1C(F)(F)F. The third-order valence-corrected chi connectivity index (χ3v) is 8.41. The van der Waals surface area contributed by atoms with E-state index in [2.05, 4.69) is 10.6 Å². The lowest BCUT2D eigenvalue weighted by Gasteiger charge is -2.37. The van der Waals surface area contributed by atoms with Crippen LogP contribution < -0.4 is 15.5 Å². The molecule has 2 fully saturated rings. The maximum atomic E-state index is 14.2. The Morgan fingerprint density at radius 3 is 2.56 bits per heavy atom. The van der Waals surface area contributed by atoms with Crippen LogP contribution in [0.25, 0.3) is 0 Å². The van der Waals surface area contributed by atoms with Gasteiger partial charge in [-0.25, -0.2) is 0 Å². The summed E-state index contributed by atoms with van der Waals surface area (Å²) < 4.78 is 48.1. The first-order valence-electron chi connectivity index (χ1n) is 13.6. The number of carbonyl (C=O) groups is 3. The van der Waals surface area contributed by atoms with Crippen LogP contribution >= 0.6 is 22.9 Å². The average molecular weight is 615 g/mol. The number of carbonyl (C=O) groups excluding carboxylic acids is 3. The number of alkyl halides is 3. The molecule has 2 aliphatic rings. The molecule has 4 rings (SSSR count). The van der Waals surface area contributed by atoms with E-state index in [1.807, 2.05) is 18.7 Å². The number of hydrogen-bond acceptors (Lipinski definition) is 6. The van der Waals surface area contributed by atoms with Gasteiger partial charge in [-0.05, 0) is 55.0 Å². The summed E-state index contributed by atoms with van der Waals surface area (Å²) >= 11 is 7.06. The second-order valence-electron chi connectivity index (χ2n) is 10.8. The van der Waals surface area contributed by atoms with Gasteiger partial charge in [0.2, 0.25) is 5.91 Å². The molecule has 1 aromatic heterocycles. The van der Waals surface area contributed by atoms with Crippen LogP contribution in [-0.4, -0.2) is 68.1 Å². The summed E-state index contributed by atoms with van der Waals surface area (Å²) in [5.41, 5.74) is -1.40. The molecule has 0 radical (unpaired) electrons. The van der Waals surface area contributed by atoms with E-state index in [-0.39, 0.29) is 37.9 Å². The van der Waals surface area contributed by atoms with E-state index in [0.29, 0.717) is 28.2 Å². The number of rotatable bonds is 11. The van der Waals surface area contributed by atoms with Crippen molar-refractivity contribution in [1.29, 1.82) is 0 Å². The van der Waals surface area contributed by atoms with Crippen molar-refractivity contribution >= 4 is 52.0 Å². The Hall–Kier alpha value is -2.67. The fourth-order valence-corrected chi connectivity index (χ4v) is 5.92. The highest BCUT2D eigenvalue weighted by Crippen LogP contribution is 2.38. The summed E-state index contributed by atoms with van der Waals surface area (Å²) in [5, 5.41) is 5.27. The van der Waals surface area contributed by atoms with Gasteiger partial charge in [-0.1, -0.05) is 31.9 Å². The van der Waals surface area contributed by atoms with Gasteiger partial charge in [0.15, 0.2) is 0 Å². The number of morpholine rings is 1. The van der Waals surface area contributed by atoms with Crippen LogP contribution in [0.15, 0.2) is 30.3 Å². The van der Waals surface area contributed by atoms with Gasteiger partial charge in [-0.15, -0.1) is 11.3 Å². The minimum atomic E-state index is -4.79. The molecule has 0 spiro atoms. The van der Waals surface area contributed by atoms with Crippen LogP contribution in [0.4, 0.5) is 24.5 Å². The van der Waals surface area contributed by atoms with Crippen molar-refractivity contribution < 1.29 is 32.3 Å². The van der Waals surface area contributed by atoms with Crippen molar-refractivity contribution in [3.8, 4) is 0 Å². The Labute approximate surface area is 246 Å². The quantitative estimate of drug-likeness (QED) is 0.360. The average Bonchev–Trinajstić information content (AvgIpc) is 3.32. The van der Waals surface area contributed by atoms with Crippen LogP contribution in [0.2, 0.25) is 4.34 Å². The summed E-state index contributed by atoms with van der Waals surface area (Å²) in [6, 6.07) is 5.68. The zero-order valence-corrected chi connectivity index (χ0v) is 24.5. The molecular weight excluding hydrogens is 581 g/mol. The number of nitrogens with zero attached hydrogens (tertiary/aromatic N) is 2. The van der Waals surface area contributed by atoms with Gasteiger partial charge in [0, 0.05) is 31.9 Å². The Balaban J connectivity index is 1.60. The van der Waals surface area contributed by atoms with Crippen LogP contribution in [0.1, 0.15) is 48.3 Å². The molecule has 2 heterocycles. The number of benzene rings is 1. The summed E-state index contributed by atoms with van der Waals surface area (Å²) in [5.74, 6) is -0.956. The predicted molar refractivity (Wildman–Crippen MR) is 152 cm³/mol. The highest BCUT2D eigenvalue weighted by Gasteiger charge is 2.37. The van der Waals surface area contributed by atoms with Gasteiger partial charge >= 0.3 is 6.18 Å². The molecule has 2 N–H and O–H groups in total. The van der Waals surface area contributed by atoms with E-state index in [9.17, 15) is 27.6 Å². The van der Waals surface area contributed by atoms with E-state index < -0.39 is 41.2 Å². The molecule has 224 valence electrons. The number of amides is 3. The van der Waals surface area contributed by atoms with E-state index in [4.69, 9.17) is 16.3 Å². The van der Waals surface area contributed by atoms with E-state index in [1.165, 1.54) is 17.0 Å². The van der Waals surface area contributed by atoms with Gasteiger partial charge in [-0.2, -0.15) is 13.2 Å². The summed E-state index contributed by atoms with van der Waals surface area (Å²) in [6.07, 6.45) is -1.66. The zero-order valence-electron chi connectivity index (χ0n) is 22.9. The first-order chi connectivity index (χ1) is 19.4. The monoisotopic (exact) mass is 614 g/mol. The van der Waals surface area contributed by atoms with E-state index in [1.54, 1.807) is 12.1 Å². The molecule has 2 aromatic rings. The highest BCUT2D eigenvalue weighted by molar-refractivity contribution is 7.18. The first kappa shape index (κ1) is 31.3. The third kappa shape index (κ3) is 8.21. The lowest BCUT2D eigenvalue weighted by molar-refractivity contribution is -0.137. The molecular formula is C28H34ClF3N4O4S. The molecule has 1 aromatic carbocycles. The minimum Gasteiger partial charge on any atom is -0.370 e. The molecule has 3 amide bonds. The molecule has 1 saturated heterocycles. The predicted octanol–water partition coefficient (Wildman–Crippen LogP) is 5.28. The highest BCUT2D eigenvalue weighted by atomic mass is 35.5. The fraction of sp³-hybridized carbons (Fsp3) is 0.536. The van der Waals surface area contributed by atoms with Crippen LogP contribution in [0.3, 0.4) is 0 Å². The maximum Gasteiger partial charge on any atom is 0.418 e. The maximum absolute atomic E-state index is 14.2. The normalized spacial score (nSPS) is 17.1. The van der Waals surface area contributed by atoms with Gasteiger partial charge in [-0.3, -0.25) is 19.3 Å². The standard InChI is InChI=1S/C28H34ClF3N4O4S/c1-17(2)14-35(15-18-4-3-5-18)22(13-33-27(39)23-8-9-24(29)41-23)26(38)34-21-7-6-19(12-20(21)28(30,31)32)36-10-11-40-16-25(36)37/h6-9,12,17-18,22H,3-5,10-11,13-16H2,1-2H3,(H,33,39)(H,34,38)/t22-/m1/s1. The number of anilines is 2. The Morgan fingerprint density at radius 1 is 1.22 bits per heavy atom. The minimum absolute atomic E-state index is 0.0773. The Morgan fingerprint density at radius 2 is 1.98 bits per heavy atom. The molecule has 13 heteroatoms. The molecule has 1 atom stereocenters. The summed E-state index contributed by atoms with van der Waals surface area (Å²) in [4.78, 5) is 42.3. The summed E-state index contributed by atoms with van der Waals surface area (Å²) in [7, 11) is 0. The molecule has 1 aliphatic heterocycles. The van der Waals surface area contributed by atoms with Crippen molar-refractivity contribution in [1.82, 2.24) is 10.2 Å². The van der Waals surface area contributed by atoms with Crippen molar-refractivity contribution in [3.05, 3.63) is 45.1 Å². The fourth-order valence-electron chi connectivity index (χ4n) is 4.96. The Bertz CT molecular complexity index is 1250. The second-order valence-corrected chi connectivity index (χ2v) is 12.5. The van der Waals surface area contributed by atoms with Crippen LogP contribution in [0, 0.1) is 11.8 Å². The van der Waals surface area contributed by atoms with Gasteiger partial charge in [0.25, 0.3) is 11.8 Å². The number of nitrogens with one attached hydrogen (secondary N) is 2. The number of thiophene rings is 1. The van der Waals surface area contributed by atoms with Crippen LogP contribution in [-0.2, 0) is 20.5 Å². The lowest BCUT2D eigenvalue weighted by Crippen LogP contribution is -2.53. The van der Waals surface area contributed by atoms with E-state index in [0.717, 1.165) is 36.7 Å². The van der Waals surface area contributed by atoms with Gasteiger partial charge in [0.1, 0.15) is 12.6 Å². The van der Waals surface area contributed by atoms with Crippen molar-refractivity contribution in [2.24, 2.45) is 11.8 Å². The van der Waals surface area contributed by atoms with E-state index >= 15 is 0 Å². The largest absolute Gasteiger partial charge is 0.418 e. The smallest absolute Gasteiger partial charge is 0.370 e. The Kier molecular flexibility index (Phi) is 10.3. The van der Waals surface area contributed by atoms with Crippen molar-refractivity contribution in [2.75, 3.05) is 49.6 Å². The number of ether oxygens (including phenoxy) is 1. The molecule has 8 nitrogen and oxygen atoms in total. The van der Waals surface area contributed by atoms with Crippen LogP contribution in [0.5, 0.6) is 0 Å². The van der Waals surface area contributed by atoms with Crippen molar-refractivity contribution in [3.63, 3.8) is 0 Å². The lowest BCUT2D eigenvalue weighted by atomic mass is 9.84. The second kappa shape index (κ2) is 13.5. The number of hydrogen-bond donors (Lipinski definition) is 2. The van der Waals surface area contributed by atoms with Crippen molar-refractivity contribution in [2.45, 2.75) is 45.3 Å². The van der Waals surface area contributed by atoms with Gasteiger partial charge in [0.05, 0.1) is 27.1 Å². The molecule has 0 unspecified atom stereocenters. The molecule has 1 saturated carbocycles. The first-order valence-corrected chi connectivity index (χ1v) is 14.8.